The van der Waals surface area contributed by atoms with E-state index in [0.29, 0.717) is 11.8 Å². The van der Waals surface area contributed by atoms with Crippen LogP contribution in [0.5, 0.6) is 0 Å². The normalized spacial score (nSPS) is 32.6. The molecule has 1 aliphatic heterocycles. The van der Waals surface area contributed by atoms with Gasteiger partial charge in [0.2, 0.25) is 5.91 Å². The highest BCUT2D eigenvalue weighted by atomic mass is 16.2. The molecule has 116 valence electrons. The van der Waals surface area contributed by atoms with E-state index in [2.05, 4.69) is 30.6 Å². The molecule has 0 bridgehead atoms. The van der Waals surface area contributed by atoms with Crippen molar-refractivity contribution in [3.8, 4) is 0 Å². The fourth-order valence-corrected chi connectivity index (χ4v) is 3.65. The number of hydrogen-bond donors (Lipinski definition) is 1. The molecule has 0 aromatic heterocycles. The van der Waals surface area contributed by atoms with Crippen molar-refractivity contribution < 1.29 is 4.79 Å². The smallest absolute Gasteiger partial charge is 0.227 e. The van der Waals surface area contributed by atoms with Crippen molar-refractivity contribution in [1.29, 1.82) is 0 Å². The third-order valence-electron chi connectivity index (χ3n) is 4.86. The average molecular weight is 281 g/mol. The second kappa shape index (κ2) is 6.44. The van der Waals surface area contributed by atoms with Crippen molar-refractivity contribution in [2.24, 2.45) is 17.6 Å². The maximum Gasteiger partial charge on any atom is 0.227 e. The summed E-state index contributed by atoms with van der Waals surface area (Å²) in [5, 5.41) is 0. The highest BCUT2D eigenvalue weighted by Gasteiger charge is 2.40. The molecule has 0 aromatic carbocycles. The van der Waals surface area contributed by atoms with E-state index < -0.39 is 0 Å². The molecule has 0 spiro atoms. The molecule has 0 radical (unpaired) electrons. The molecule has 2 fully saturated rings. The Kier molecular flexibility index (Phi) is 5.08. The lowest BCUT2D eigenvalue weighted by atomic mass is 9.74. The highest BCUT2D eigenvalue weighted by molar-refractivity contribution is 5.80. The van der Waals surface area contributed by atoms with E-state index in [1.54, 1.807) is 0 Å². The Morgan fingerprint density at radius 2 is 1.90 bits per heavy atom. The molecule has 4 nitrogen and oxygen atoms in total. The molecule has 0 aromatic rings. The van der Waals surface area contributed by atoms with Crippen LogP contribution < -0.4 is 5.73 Å². The standard InChI is InChI=1S/C16H31N3O/c1-13(2)12-18-8-10-19(11-9-18)15(20)14-6-4-5-7-16(14,3)17/h13-14H,4-12,17H2,1-3H3. The molecule has 1 saturated carbocycles. The molecular weight excluding hydrogens is 250 g/mol. The first kappa shape index (κ1) is 15.8. The van der Waals surface area contributed by atoms with Crippen LogP contribution >= 0.6 is 0 Å². The molecular formula is C16H31N3O. The molecule has 1 aliphatic carbocycles. The zero-order chi connectivity index (χ0) is 14.8. The van der Waals surface area contributed by atoms with Gasteiger partial charge in [-0.15, -0.1) is 0 Å². The average Bonchev–Trinajstić information content (AvgIpc) is 2.37. The zero-order valence-corrected chi connectivity index (χ0v) is 13.4. The lowest BCUT2D eigenvalue weighted by molar-refractivity contribution is -0.140. The number of carbonyl (C=O) groups excluding carboxylic acids is 1. The molecule has 2 unspecified atom stereocenters. The molecule has 4 heteroatoms. The van der Waals surface area contributed by atoms with Crippen LogP contribution in [0.3, 0.4) is 0 Å². The number of rotatable bonds is 3. The Hall–Kier alpha value is -0.610. The van der Waals surface area contributed by atoms with Crippen molar-refractivity contribution in [3.63, 3.8) is 0 Å². The van der Waals surface area contributed by atoms with Crippen molar-refractivity contribution in [2.75, 3.05) is 32.7 Å². The summed E-state index contributed by atoms with van der Waals surface area (Å²) < 4.78 is 0. The first-order chi connectivity index (χ1) is 9.40. The minimum atomic E-state index is -0.301. The highest BCUT2D eigenvalue weighted by Crippen LogP contribution is 2.33. The van der Waals surface area contributed by atoms with Crippen LogP contribution in [0, 0.1) is 11.8 Å². The molecule has 2 atom stereocenters. The Labute approximate surface area is 123 Å². The second-order valence-corrected chi connectivity index (χ2v) is 7.32. The van der Waals surface area contributed by atoms with Crippen LogP contribution in [-0.2, 0) is 4.79 Å². The predicted octanol–water partition coefficient (Wildman–Crippen LogP) is 1.69. The van der Waals surface area contributed by atoms with Crippen LogP contribution in [0.2, 0.25) is 0 Å². The Balaban J connectivity index is 1.88. The van der Waals surface area contributed by atoms with Gasteiger partial charge in [-0.3, -0.25) is 9.69 Å². The minimum Gasteiger partial charge on any atom is -0.340 e. The Morgan fingerprint density at radius 3 is 2.45 bits per heavy atom. The van der Waals surface area contributed by atoms with E-state index in [0.717, 1.165) is 52.0 Å². The Bertz CT molecular complexity index is 333. The topological polar surface area (TPSA) is 49.6 Å². The second-order valence-electron chi connectivity index (χ2n) is 7.32. The van der Waals surface area contributed by atoms with Gasteiger partial charge in [-0.1, -0.05) is 26.7 Å². The van der Waals surface area contributed by atoms with E-state index in [9.17, 15) is 4.79 Å². The fourth-order valence-electron chi connectivity index (χ4n) is 3.65. The van der Waals surface area contributed by atoms with Gasteiger partial charge < -0.3 is 10.6 Å². The van der Waals surface area contributed by atoms with E-state index in [1.165, 1.54) is 6.42 Å². The number of nitrogens with two attached hydrogens (primary N) is 1. The van der Waals surface area contributed by atoms with Gasteiger partial charge in [0, 0.05) is 38.3 Å². The lowest BCUT2D eigenvalue weighted by Crippen LogP contribution is -2.57. The number of nitrogens with zero attached hydrogens (tertiary/aromatic N) is 2. The number of piperazine rings is 1. The summed E-state index contributed by atoms with van der Waals surface area (Å²) in [6.45, 7) is 11.5. The van der Waals surface area contributed by atoms with Crippen molar-refractivity contribution in [2.45, 2.75) is 52.0 Å². The van der Waals surface area contributed by atoms with Crippen molar-refractivity contribution in [1.82, 2.24) is 9.80 Å². The third-order valence-corrected chi connectivity index (χ3v) is 4.86. The van der Waals surface area contributed by atoms with Crippen molar-refractivity contribution >= 4 is 5.91 Å². The van der Waals surface area contributed by atoms with Gasteiger partial charge in [0.05, 0.1) is 5.92 Å². The summed E-state index contributed by atoms with van der Waals surface area (Å²) in [6, 6.07) is 0. The monoisotopic (exact) mass is 281 g/mol. The minimum absolute atomic E-state index is 0.0351. The van der Waals surface area contributed by atoms with Crippen molar-refractivity contribution in [3.05, 3.63) is 0 Å². The van der Waals surface area contributed by atoms with Gasteiger partial charge in [-0.25, -0.2) is 0 Å². The van der Waals surface area contributed by atoms with Gasteiger partial charge in [0.1, 0.15) is 0 Å². The number of carbonyl (C=O) groups is 1. The van der Waals surface area contributed by atoms with Crippen LogP contribution in [0.25, 0.3) is 0 Å². The summed E-state index contributed by atoms with van der Waals surface area (Å²) in [7, 11) is 0. The van der Waals surface area contributed by atoms with E-state index in [-0.39, 0.29) is 11.5 Å². The van der Waals surface area contributed by atoms with Crippen LogP contribution in [0.4, 0.5) is 0 Å². The third kappa shape index (κ3) is 3.73. The van der Waals surface area contributed by atoms with Crippen LogP contribution in [-0.4, -0.2) is 54.0 Å². The summed E-state index contributed by atoms with van der Waals surface area (Å²) in [5.41, 5.74) is 6.06. The molecule has 2 aliphatic rings. The molecule has 2 N–H and O–H groups in total. The summed E-state index contributed by atoms with van der Waals surface area (Å²) in [4.78, 5) is 17.2. The molecule has 1 saturated heterocycles. The molecule has 1 amide bonds. The quantitative estimate of drug-likeness (QED) is 0.856. The number of amides is 1. The van der Waals surface area contributed by atoms with Crippen LogP contribution in [0.1, 0.15) is 46.5 Å². The molecule has 20 heavy (non-hydrogen) atoms. The predicted molar refractivity (Wildman–Crippen MR) is 82.4 cm³/mol. The number of hydrogen-bond acceptors (Lipinski definition) is 3. The van der Waals surface area contributed by atoms with Crippen LogP contribution in [0.15, 0.2) is 0 Å². The van der Waals surface area contributed by atoms with E-state index >= 15 is 0 Å². The summed E-state index contributed by atoms with van der Waals surface area (Å²) >= 11 is 0. The first-order valence-corrected chi connectivity index (χ1v) is 8.20. The fraction of sp³-hybridized carbons (Fsp3) is 0.938. The SMILES string of the molecule is CC(C)CN1CCN(C(=O)C2CCCCC2(C)N)CC1. The zero-order valence-electron chi connectivity index (χ0n) is 13.4. The Morgan fingerprint density at radius 1 is 1.25 bits per heavy atom. The van der Waals surface area contributed by atoms with E-state index in [4.69, 9.17) is 5.73 Å². The van der Waals surface area contributed by atoms with E-state index in [1.807, 2.05) is 0 Å². The summed E-state index contributed by atoms with van der Waals surface area (Å²) in [5.74, 6) is 1.04. The van der Waals surface area contributed by atoms with Gasteiger partial charge in [0.15, 0.2) is 0 Å². The molecule has 2 rings (SSSR count). The first-order valence-electron chi connectivity index (χ1n) is 8.20. The van der Waals surface area contributed by atoms with Gasteiger partial charge in [-0.2, -0.15) is 0 Å². The van der Waals surface area contributed by atoms with Gasteiger partial charge in [-0.05, 0) is 25.7 Å². The summed E-state index contributed by atoms with van der Waals surface area (Å²) in [6.07, 6.45) is 4.27. The van der Waals surface area contributed by atoms with Gasteiger partial charge >= 0.3 is 0 Å². The largest absolute Gasteiger partial charge is 0.340 e. The maximum absolute atomic E-state index is 12.7. The van der Waals surface area contributed by atoms with Gasteiger partial charge in [0.25, 0.3) is 0 Å². The lowest BCUT2D eigenvalue weighted by Gasteiger charge is -2.42. The molecule has 1 heterocycles. The maximum atomic E-state index is 12.7.